The van der Waals surface area contributed by atoms with Crippen molar-refractivity contribution in [2.75, 3.05) is 32.6 Å². The quantitative estimate of drug-likeness (QED) is 0.587. The maximum absolute atomic E-state index is 12.2. The molecule has 1 aromatic carbocycles. The summed E-state index contributed by atoms with van der Waals surface area (Å²) in [5.74, 6) is -0.520. The normalized spacial score (nSPS) is 21.8. The Hall–Kier alpha value is -1.60. The molecule has 2 atom stereocenters. The number of anilines is 1. The third-order valence-electron chi connectivity index (χ3n) is 3.00. The number of benzene rings is 1. The van der Waals surface area contributed by atoms with E-state index in [1.807, 2.05) is 19.0 Å². The van der Waals surface area contributed by atoms with Gasteiger partial charge in [0.15, 0.2) is 0 Å². The van der Waals surface area contributed by atoms with Crippen molar-refractivity contribution in [3.05, 3.63) is 24.3 Å². The van der Waals surface area contributed by atoms with Gasteiger partial charge in [0.05, 0.1) is 12.0 Å². The lowest BCUT2D eigenvalue weighted by molar-refractivity contribution is -0.140. The second kappa shape index (κ2) is 4.82. The third-order valence-corrected chi connectivity index (χ3v) is 4.89. The number of nitrogens with zero attached hydrogens (tertiary/aromatic N) is 2. The van der Waals surface area contributed by atoms with E-state index >= 15 is 0 Å². The summed E-state index contributed by atoms with van der Waals surface area (Å²) in [6.07, 6.45) is 0. The van der Waals surface area contributed by atoms with E-state index in [2.05, 4.69) is 4.74 Å². The van der Waals surface area contributed by atoms with Gasteiger partial charge in [-0.1, -0.05) is 0 Å². The molecule has 1 aliphatic rings. The van der Waals surface area contributed by atoms with Crippen LogP contribution in [0.3, 0.4) is 0 Å². The Morgan fingerprint density at radius 3 is 2.37 bits per heavy atom. The molecule has 0 aromatic heterocycles. The minimum absolute atomic E-state index is 0.185. The van der Waals surface area contributed by atoms with Gasteiger partial charge in [-0.2, -0.15) is 4.31 Å². The molecule has 0 N–H and O–H groups in total. The lowest BCUT2D eigenvalue weighted by Crippen LogP contribution is -2.20. The molecule has 0 amide bonds. The minimum Gasteiger partial charge on any atom is -0.468 e. The molecule has 1 aliphatic heterocycles. The monoisotopic (exact) mass is 284 g/mol. The number of methoxy groups -OCH3 is 1. The van der Waals surface area contributed by atoms with Gasteiger partial charge in [0, 0.05) is 26.3 Å². The van der Waals surface area contributed by atoms with Crippen LogP contribution >= 0.6 is 0 Å². The van der Waals surface area contributed by atoms with Gasteiger partial charge in [-0.15, -0.1) is 0 Å². The maximum atomic E-state index is 12.2. The van der Waals surface area contributed by atoms with Gasteiger partial charge in [-0.05, 0) is 24.3 Å². The molecular formula is C12H16N2O4S. The van der Waals surface area contributed by atoms with Crippen LogP contribution in [0.2, 0.25) is 0 Å². The average molecular weight is 284 g/mol. The van der Waals surface area contributed by atoms with Crippen LogP contribution in [0.4, 0.5) is 5.69 Å². The number of carbonyl (C=O) groups is 1. The molecule has 104 valence electrons. The maximum Gasteiger partial charge on any atom is 0.325 e. The first-order valence-electron chi connectivity index (χ1n) is 5.75. The Morgan fingerprint density at radius 1 is 1.32 bits per heavy atom. The largest absolute Gasteiger partial charge is 0.468 e. The second-order valence-electron chi connectivity index (χ2n) is 4.50. The number of sulfonamides is 1. The van der Waals surface area contributed by atoms with Gasteiger partial charge < -0.3 is 9.64 Å². The van der Waals surface area contributed by atoms with E-state index in [0.29, 0.717) is 0 Å². The molecule has 6 nitrogen and oxygen atoms in total. The SMILES string of the molecule is COC(=O)C1CN1S(=O)(=O)c1ccc(N(C)C)cc1. The van der Waals surface area contributed by atoms with Gasteiger partial charge in [0.2, 0.25) is 10.0 Å². The Balaban J connectivity index is 2.20. The molecule has 0 spiro atoms. The highest BCUT2D eigenvalue weighted by Gasteiger charge is 2.50. The summed E-state index contributed by atoms with van der Waals surface area (Å²) in [6, 6.07) is 5.85. The van der Waals surface area contributed by atoms with Crippen LogP contribution in [-0.4, -0.2) is 52.5 Å². The van der Waals surface area contributed by atoms with E-state index in [0.717, 1.165) is 9.99 Å². The zero-order chi connectivity index (χ0) is 14.2. The standard InChI is InChI=1S/C12H16N2O4S/c1-13(2)9-4-6-10(7-5-9)19(16,17)14-8-11(14)12(15)18-3/h4-7,11H,8H2,1-3H3. The molecule has 1 heterocycles. The van der Waals surface area contributed by atoms with Crippen molar-refractivity contribution in [2.45, 2.75) is 10.9 Å². The van der Waals surface area contributed by atoms with E-state index in [9.17, 15) is 13.2 Å². The average Bonchev–Trinajstić information content (AvgIpc) is 3.18. The van der Waals surface area contributed by atoms with Crippen molar-refractivity contribution >= 4 is 21.7 Å². The van der Waals surface area contributed by atoms with Crippen molar-refractivity contribution in [3.8, 4) is 0 Å². The molecule has 19 heavy (non-hydrogen) atoms. The summed E-state index contributed by atoms with van der Waals surface area (Å²) < 4.78 is 30.1. The Morgan fingerprint density at radius 2 is 1.89 bits per heavy atom. The van der Waals surface area contributed by atoms with Crippen molar-refractivity contribution in [2.24, 2.45) is 0 Å². The molecule has 0 bridgehead atoms. The van der Waals surface area contributed by atoms with Crippen molar-refractivity contribution in [1.29, 1.82) is 0 Å². The van der Waals surface area contributed by atoms with Gasteiger partial charge in [0.1, 0.15) is 6.04 Å². The first-order chi connectivity index (χ1) is 8.87. The number of rotatable bonds is 4. The number of hydrogen-bond acceptors (Lipinski definition) is 5. The first-order valence-corrected chi connectivity index (χ1v) is 7.19. The lowest BCUT2D eigenvalue weighted by Gasteiger charge is -2.13. The topological polar surface area (TPSA) is 66.7 Å². The molecule has 1 saturated heterocycles. The Bertz CT molecular complexity index is 580. The summed E-state index contributed by atoms with van der Waals surface area (Å²) in [7, 11) is 1.40. The Labute approximate surface area is 112 Å². The minimum atomic E-state index is -3.60. The van der Waals surface area contributed by atoms with Crippen LogP contribution in [-0.2, 0) is 19.6 Å². The summed E-state index contributed by atoms with van der Waals surface area (Å²) >= 11 is 0. The van der Waals surface area contributed by atoms with Crippen LogP contribution in [0.25, 0.3) is 0 Å². The zero-order valence-electron chi connectivity index (χ0n) is 11.0. The summed E-state index contributed by atoms with van der Waals surface area (Å²) in [5, 5.41) is 0. The van der Waals surface area contributed by atoms with Crippen LogP contribution in [0.15, 0.2) is 29.2 Å². The molecular weight excluding hydrogens is 268 g/mol. The van der Waals surface area contributed by atoms with E-state index in [1.54, 1.807) is 12.1 Å². The molecule has 0 aliphatic carbocycles. The van der Waals surface area contributed by atoms with Crippen LogP contribution in [0.5, 0.6) is 0 Å². The molecule has 0 saturated carbocycles. The van der Waals surface area contributed by atoms with Gasteiger partial charge >= 0.3 is 5.97 Å². The van der Waals surface area contributed by atoms with Crippen LogP contribution in [0.1, 0.15) is 0 Å². The highest BCUT2D eigenvalue weighted by Crippen LogP contribution is 2.29. The zero-order valence-corrected chi connectivity index (χ0v) is 11.8. The third kappa shape index (κ3) is 2.57. The smallest absolute Gasteiger partial charge is 0.325 e. The van der Waals surface area contributed by atoms with E-state index in [-0.39, 0.29) is 11.4 Å². The van der Waals surface area contributed by atoms with Gasteiger partial charge in [0.25, 0.3) is 0 Å². The van der Waals surface area contributed by atoms with Crippen molar-refractivity contribution in [3.63, 3.8) is 0 Å². The number of esters is 1. The van der Waals surface area contributed by atoms with Crippen LogP contribution < -0.4 is 4.90 Å². The van der Waals surface area contributed by atoms with Crippen LogP contribution in [0, 0.1) is 0 Å². The van der Waals surface area contributed by atoms with E-state index in [1.165, 1.54) is 19.2 Å². The van der Waals surface area contributed by atoms with Gasteiger partial charge in [-0.3, -0.25) is 4.79 Å². The van der Waals surface area contributed by atoms with Crippen molar-refractivity contribution < 1.29 is 17.9 Å². The molecule has 1 fully saturated rings. The van der Waals surface area contributed by atoms with E-state index < -0.39 is 22.0 Å². The molecule has 2 rings (SSSR count). The Kier molecular flexibility index (Phi) is 3.51. The highest BCUT2D eigenvalue weighted by atomic mass is 32.2. The summed E-state index contributed by atoms with van der Waals surface area (Å²) in [5.41, 5.74) is 0.911. The molecule has 7 heteroatoms. The first kappa shape index (κ1) is 13.8. The fourth-order valence-corrected chi connectivity index (χ4v) is 3.28. The highest BCUT2D eigenvalue weighted by molar-refractivity contribution is 7.89. The van der Waals surface area contributed by atoms with E-state index in [4.69, 9.17) is 0 Å². The molecule has 0 radical (unpaired) electrons. The number of hydrogen-bond donors (Lipinski definition) is 0. The van der Waals surface area contributed by atoms with Gasteiger partial charge in [-0.25, -0.2) is 8.42 Å². The van der Waals surface area contributed by atoms with Crippen molar-refractivity contribution in [1.82, 2.24) is 4.31 Å². The molecule has 2 unspecified atom stereocenters. The summed E-state index contributed by atoms with van der Waals surface area (Å²) in [4.78, 5) is 13.3. The summed E-state index contributed by atoms with van der Waals surface area (Å²) in [6.45, 7) is 0.185. The number of carbonyl (C=O) groups excluding carboxylic acids is 1. The lowest BCUT2D eigenvalue weighted by atomic mass is 10.3. The molecule has 1 aromatic rings. The fraction of sp³-hybridized carbons (Fsp3) is 0.417. The fourth-order valence-electron chi connectivity index (χ4n) is 1.77. The second-order valence-corrected chi connectivity index (χ2v) is 6.39. The predicted octanol–water partition coefficient (Wildman–Crippen LogP) is 0.298. The number of ether oxygens (including phenoxy) is 1. The predicted molar refractivity (Wildman–Crippen MR) is 70.5 cm³/mol.